The topological polar surface area (TPSA) is 252 Å². The zero-order valence-electron chi connectivity index (χ0n) is 63.5. The van der Waals surface area contributed by atoms with Crippen LogP contribution >= 0.6 is 0 Å². The van der Waals surface area contributed by atoms with Gasteiger partial charge in [0.15, 0.2) is 0 Å². The lowest BCUT2D eigenvalue weighted by atomic mass is 9.89. The third-order valence-corrected chi connectivity index (χ3v) is 20.8. The van der Waals surface area contributed by atoms with Gasteiger partial charge in [0.2, 0.25) is 35.4 Å². The molecule has 0 saturated heterocycles. The molecule has 111 heavy (non-hydrogen) atoms. The van der Waals surface area contributed by atoms with E-state index in [0.717, 1.165) is 142 Å². The van der Waals surface area contributed by atoms with Gasteiger partial charge in [-0.05, 0) is 276 Å². The van der Waals surface area contributed by atoms with E-state index < -0.39 is 0 Å². The average molecular weight is 1470 g/mol. The summed E-state index contributed by atoms with van der Waals surface area (Å²) in [7, 11) is 0. The molecule has 6 aromatic carbocycles. The summed E-state index contributed by atoms with van der Waals surface area (Å²) in [5.41, 5.74) is 34.5. The van der Waals surface area contributed by atoms with Gasteiger partial charge in [0, 0.05) is 180 Å². The Kier molecular flexibility index (Phi) is 24.6. The van der Waals surface area contributed by atoms with Gasteiger partial charge in [-0.15, -0.1) is 0 Å². The van der Waals surface area contributed by atoms with Crippen molar-refractivity contribution in [3.8, 4) is 66.8 Å². The van der Waals surface area contributed by atoms with E-state index in [9.17, 15) is 28.8 Å². The monoisotopic (exact) mass is 1470 g/mol. The molecular weight excluding hydrogens is 1380 g/mol. The molecule has 6 N–H and O–H groups in total. The largest absolute Gasteiger partial charge is 0.326 e. The van der Waals surface area contributed by atoms with Crippen molar-refractivity contribution in [2.75, 3.05) is 31.9 Å². The van der Waals surface area contributed by atoms with E-state index in [-0.39, 0.29) is 35.4 Å². The summed E-state index contributed by atoms with van der Waals surface area (Å²) in [6, 6.07) is 49.3. The van der Waals surface area contributed by atoms with Crippen molar-refractivity contribution in [1.29, 1.82) is 0 Å². The normalized spacial score (nSPS) is 13.9. The van der Waals surface area contributed by atoms with Gasteiger partial charge in [0.05, 0.1) is 0 Å². The lowest BCUT2D eigenvalue weighted by Gasteiger charge is -2.22. The number of nitrogens with zero attached hydrogens (tertiary/aromatic N) is 6. The van der Waals surface area contributed by atoms with E-state index in [2.05, 4.69) is 193 Å². The van der Waals surface area contributed by atoms with Crippen LogP contribution in [0.25, 0.3) is 66.8 Å². The summed E-state index contributed by atoms with van der Waals surface area (Å²) in [5, 5.41) is 17.7. The van der Waals surface area contributed by atoms with Gasteiger partial charge in [0.1, 0.15) is 0 Å². The molecule has 0 unspecified atom stereocenters. The average Bonchev–Trinajstić information content (AvgIpc) is 0.549. The second-order valence-electron chi connectivity index (χ2n) is 28.2. The fourth-order valence-corrected chi connectivity index (χ4v) is 15.1. The molecule has 6 aliphatic rings. The Morgan fingerprint density at radius 2 is 0.658 bits per heavy atom. The molecule has 18 nitrogen and oxygen atoms in total. The van der Waals surface area contributed by atoms with Crippen LogP contribution in [-0.4, -0.2) is 65.3 Å². The van der Waals surface area contributed by atoms with E-state index in [1.165, 1.54) is 83.5 Å². The van der Waals surface area contributed by atoms with Gasteiger partial charge in [0.25, 0.3) is 0 Å². The number of aromatic nitrogens is 6. The SMILES string of the molecule is CCc1c(-c2cccnc2)ccc2c1CCC(=O)N2.CCc1cc(-c2cccnc2)cc2c1NC(=O)CC2.CCc1cc2c(cc1-c1cccnc1)CCC(=O)N2.Cc1c(-c2cccnc2)ccc2c1CCC(=O)N2.Cc1cc(-c2cccnc2)cc2c1NC(=O)CC2.Cc1cc2c(cc1-c1cccnc1)CCC(=O)N2. The molecule has 0 spiro atoms. The molecule has 6 aromatic heterocycles. The number of anilines is 6. The van der Waals surface area contributed by atoms with Gasteiger partial charge in [-0.1, -0.05) is 69.3 Å². The number of aryl methyl sites for hydroxylation is 8. The van der Waals surface area contributed by atoms with Crippen LogP contribution in [0.1, 0.15) is 126 Å². The first kappa shape index (κ1) is 76.2. The van der Waals surface area contributed by atoms with Crippen molar-refractivity contribution in [1.82, 2.24) is 29.9 Å². The lowest BCUT2D eigenvalue weighted by Crippen LogP contribution is -2.20. The highest BCUT2D eigenvalue weighted by Crippen LogP contribution is 2.39. The smallest absolute Gasteiger partial charge is 0.224 e. The summed E-state index contributed by atoms with van der Waals surface area (Å²) in [6.45, 7) is 12.6. The summed E-state index contributed by atoms with van der Waals surface area (Å²) < 4.78 is 0. The van der Waals surface area contributed by atoms with Crippen LogP contribution in [0.2, 0.25) is 0 Å². The standard InChI is InChI=1S/3C16H16N2O.3C15H14N2O/c1-2-12-13(11-4-3-9-17-10-11)5-7-15-14(12)6-8-16(19)18-15;1-2-11-9-15-12(5-6-16(19)18-15)8-14(11)13-4-3-7-17-10-13;1-2-11-8-14(13-4-3-7-17-10-13)9-12-5-6-15(19)18-16(11)12;1-10-12(11-3-2-8-16-9-11)4-6-14-13(10)5-7-15(18)17-14;1-10-7-14-11(4-5-15(18)17-14)8-13(10)12-3-2-6-16-9-12;1-10-7-13(12-3-2-6-16-9-12)8-11-4-5-14(18)17-15(10)11/h3-5,7,9-10H,2,6,8H2,1H3,(H,18,19);2*3-4,7-10H,2,5-6H2,1H3,(H,18,19);2-4,6,8-9H,5,7H2,1H3,(H,17,18);2*2-3,6-9H,4-5H2,1H3,(H,17,18). The molecular formula is C93H90N12O6. The number of benzene rings is 6. The highest BCUT2D eigenvalue weighted by Gasteiger charge is 2.25. The summed E-state index contributed by atoms with van der Waals surface area (Å²) in [6.07, 6.45) is 33.1. The highest BCUT2D eigenvalue weighted by molar-refractivity contribution is 5.99. The maximum atomic E-state index is 11.5. The van der Waals surface area contributed by atoms with Crippen LogP contribution in [0.5, 0.6) is 0 Å². The Morgan fingerprint density at radius 1 is 0.279 bits per heavy atom. The fraction of sp³-hybridized carbons (Fsp3) is 0.226. The first-order valence-corrected chi connectivity index (χ1v) is 38.2. The molecule has 12 aromatic rings. The molecule has 18 heteroatoms. The van der Waals surface area contributed by atoms with E-state index >= 15 is 0 Å². The zero-order valence-corrected chi connectivity index (χ0v) is 63.5. The molecule has 0 fully saturated rings. The van der Waals surface area contributed by atoms with Crippen LogP contribution < -0.4 is 31.9 Å². The Balaban J connectivity index is 0.000000117. The second kappa shape index (κ2) is 35.8. The molecule has 18 rings (SSSR count). The summed E-state index contributed by atoms with van der Waals surface area (Å²) in [5.74, 6) is 0.676. The number of hydrogen-bond acceptors (Lipinski definition) is 12. The molecule has 12 heterocycles. The van der Waals surface area contributed by atoms with E-state index in [1.807, 2.05) is 92.6 Å². The minimum atomic E-state index is 0.107. The van der Waals surface area contributed by atoms with Crippen molar-refractivity contribution in [2.24, 2.45) is 0 Å². The van der Waals surface area contributed by atoms with E-state index in [0.29, 0.717) is 38.5 Å². The van der Waals surface area contributed by atoms with Gasteiger partial charge in [-0.2, -0.15) is 0 Å². The number of fused-ring (bicyclic) bond motifs is 6. The summed E-state index contributed by atoms with van der Waals surface area (Å²) >= 11 is 0. The molecule has 0 atom stereocenters. The van der Waals surface area contributed by atoms with Gasteiger partial charge in [-0.25, -0.2) is 0 Å². The summed E-state index contributed by atoms with van der Waals surface area (Å²) in [4.78, 5) is 93.6. The quantitative estimate of drug-likeness (QED) is 0.0789. The molecule has 0 bridgehead atoms. The van der Waals surface area contributed by atoms with Crippen LogP contribution in [0, 0.1) is 20.8 Å². The predicted molar refractivity (Wildman–Crippen MR) is 442 cm³/mol. The first-order chi connectivity index (χ1) is 54.1. The highest BCUT2D eigenvalue weighted by atomic mass is 16.2. The van der Waals surface area contributed by atoms with Crippen molar-refractivity contribution >= 4 is 69.6 Å². The molecule has 6 aliphatic heterocycles. The fourth-order valence-electron chi connectivity index (χ4n) is 15.1. The van der Waals surface area contributed by atoms with Crippen LogP contribution in [0.15, 0.2) is 220 Å². The maximum Gasteiger partial charge on any atom is 0.224 e. The molecule has 0 saturated carbocycles. The lowest BCUT2D eigenvalue weighted by molar-refractivity contribution is -0.117. The van der Waals surface area contributed by atoms with Gasteiger partial charge in [-0.3, -0.25) is 58.7 Å². The Morgan fingerprint density at radius 3 is 1.14 bits per heavy atom. The van der Waals surface area contributed by atoms with Crippen LogP contribution in [0.4, 0.5) is 34.1 Å². The van der Waals surface area contributed by atoms with Crippen LogP contribution in [-0.2, 0) is 86.6 Å². The van der Waals surface area contributed by atoms with Crippen molar-refractivity contribution in [3.05, 3.63) is 287 Å². The third kappa shape index (κ3) is 18.6. The third-order valence-electron chi connectivity index (χ3n) is 20.8. The molecule has 0 aliphatic carbocycles. The number of carbonyl (C=O) groups excluding carboxylic acids is 6. The number of nitrogens with one attached hydrogen (secondary N) is 6. The van der Waals surface area contributed by atoms with Crippen molar-refractivity contribution < 1.29 is 28.8 Å². The van der Waals surface area contributed by atoms with Crippen molar-refractivity contribution in [2.45, 2.75) is 138 Å². The number of amides is 6. The van der Waals surface area contributed by atoms with E-state index in [1.54, 1.807) is 37.2 Å². The predicted octanol–water partition coefficient (Wildman–Crippen LogP) is 18.4. The molecule has 0 radical (unpaired) electrons. The zero-order chi connectivity index (χ0) is 77.3. The maximum absolute atomic E-state index is 11.5. The van der Waals surface area contributed by atoms with E-state index in [4.69, 9.17) is 0 Å². The van der Waals surface area contributed by atoms with Crippen molar-refractivity contribution in [3.63, 3.8) is 0 Å². The number of pyridine rings is 6. The Hall–Kier alpha value is -13.0. The molecule has 558 valence electrons. The second-order valence-corrected chi connectivity index (χ2v) is 28.2. The number of rotatable bonds is 9. The van der Waals surface area contributed by atoms with Gasteiger partial charge >= 0.3 is 0 Å². The van der Waals surface area contributed by atoms with Gasteiger partial charge < -0.3 is 31.9 Å². The van der Waals surface area contributed by atoms with Crippen LogP contribution in [0.3, 0.4) is 0 Å². The minimum absolute atomic E-state index is 0.107. The first-order valence-electron chi connectivity index (χ1n) is 38.2. The minimum Gasteiger partial charge on any atom is -0.326 e. The Labute approximate surface area is 647 Å². The number of carbonyl (C=O) groups is 6. The number of hydrogen-bond donors (Lipinski definition) is 6. The Bertz CT molecular complexity index is 5310. The molecule has 6 amide bonds.